The van der Waals surface area contributed by atoms with Gasteiger partial charge in [-0.1, -0.05) is 193 Å². The first kappa shape index (κ1) is 38.7. The second-order valence-electron chi connectivity index (χ2n) is 16.7. The van der Waals surface area contributed by atoms with E-state index in [-0.39, 0.29) is 0 Å². The van der Waals surface area contributed by atoms with Crippen LogP contribution in [0.25, 0.3) is 121 Å². The van der Waals surface area contributed by atoms with Gasteiger partial charge in [0.1, 0.15) is 21.7 Å². The van der Waals surface area contributed by atoms with Gasteiger partial charge in [-0.25, -0.2) is 9.97 Å². The Labute approximate surface area is 390 Å². The summed E-state index contributed by atoms with van der Waals surface area (Å²) in [5.41, 5.74) is 14.6. The summed E-state index contributed by atoms with van der Waals surface area (Å²) >= 11 is 1.60. The standard InChI is InChI=1S/C60H38N6S/c1-5-18-39(19-6-1)44-34-51(41-22-9-3-10-23-41)61-56(37-44)65-53-30-15-13-26-46(53)48-33-32-43(36-55(48)65)59-63-64-60(67-59)50-29-17-28-49-47-27-14-16-31-54(47)66(58(49)50)57-38-45(40-20-7-2-8-21-40)35-52(62-57)42-24-11-4-12-25-42/h1-38H. The molecule has 0 amide bonds. The molecule has 0 saturated heterocycles. The molecule has 0 saturated carbocycles. The fourth-order valence-corrected chi connectivity index (χ4v) is 10.5. The van der Waals surface area contributed by atoms with Gasteiger partial charge >= 0.3 is 0 Å². The average Bonchev–Trinajstić information content (AvgIpc) is 4.13. The normalized spacial score (nSPS) is 11.6. The van der Waals surface area contributed by atoms with Crippen molar-refractivity contribution in [3.8, 4) is 77.5 Å². The molecule has 0 aliphatic carbocycles. The predicted molar refractivity (Wildman–Crippen MR) is 277 cm³/mol. The Bertz CT molecular complexity index is 3850. The van der Waals surface area contributed by atoms with Crippen molar-refractivity contribution in [3.63, 3.8) is 0 Å². The van der Waals surface area contributed by atoms with Crippen LogP contribution >= 0.6 is 11.3 Å². The van der Waals surface area contributed by atoms with Gasteiger partial charge in [0.2, 0.25) is 0 Å². The summed E-state index contributed by atoms with van der Waals surface area (Å²) in [6, 6.07) is 81.1. The lowest BCUT2D eigenvalue weighted by Crippen LogP contribution is -2.01. The summed E-state index contributed by atoms with van der Waals surface area (Å²) in [5, 5.41) is 16.1. The van der Waals surface area contributed by atoms with Crippen LogP contribution in [-0.4, -0.2) is 29.3 Å². The van der Waals surface area contributed by atoms with E-state index in [1.165, 1.54) is 0 Å². The van der Waals surface area contributed by atoms with Gasteiger partial charge in [-0.05, 0) is 70.8 Å². The number of fused-ring (bicyclic) bond motifs is 6. The van der Waals surface area contributed by atoms with Crippen molar-refractivity contribution in [2.75, 3.05) is 0 Å². The fraction of sp³-hybridized carbons (Fsp3) is 0. The maximum Gasteiger partial charge on any atom is 0.150 e. The molecule has 0 bridgehead atoms. The minimum atomic E-state index is 0.831. The molecule has 6 nitrogen and oxygen atoms in total. The monoisotopic (exact) mass is 874 g/mol. The van der Waals surface area contributed by atoms with Crippen LogP contribution in [0.2, 0.25) is 0 Å². The molecule has 5 aromatic heterocycles. The van der Waals surface area contributed by atoms with Crippen LogP contribution in [0.4, 0.5) is 0 Å². The van der Waals surface area contributed by atoms with Crippen LogP contribution in [-0.2, 0) is 0 Å². The molecule has 7 heteroatoms. The van der Waals surface area contributed by atoms with Crippen molar-refractivity contribution in [1.29, 1.82) is 0 Å². The van der Waals surface area contributed by atoms with Gasteiger partial charge in [0.25, 0.3) is 0 Å². The summed E-state index contributed by atoms with van der Waals surface area (Å²) in [5.74, 6) is 1.68. The van der Waals surface area contributed by atoms with E-state index in [1.54, 1.807) is 11.3 Å². The van der Waals surface area contributed by atoms with E-state index >= 15 is 0 Å². The summed E-state index contributed by atoms with van der Waals surface area (Å²) in [6.07, 6.45) is 0. The molecule has 13 aromatic rings. The van der Waals surface area contributed by atoms with E-state index < -0.39 is 0 Å². The van der Waals surface area contributed by atoms with E-state index in [4.69, 9.17) is 20.2 Å². The maximum absolute atomic E-state index is 5.41. The summed E-state index contributed by atoms with van der Waals surface area (Å²) in [4.78, 5) is 10.8. The Morgan fingerprint density at radius 2 is 0.761 bits per heavy atom. The molecule has 13 rings (SSSR count). The Balaban J connectivity index is 0.984. The van der Waals surface area contributed by atoms with E-state index in [1.807, 2.05) is 12.1 Å². The van der Waals surface area contributed by atoms with E-state index in [0.717, 1.165) is 121 Å². The number of para-hydroxylation sites is 3. The van der Waals surface area contributed by atoms with Crippen LogP contribution in [0.5, 0.6) is 0 Å². The zero-order valence-corrected chi connectivity index (χ0v) is 36.8. The van der Waals surface area contributed by atoms with Gasteiger partial charge in [0, 0.05) is 43.8 Å². The van der Waals surface area contributed by atoms with Crippen LogP contribution in [0.15, 0.2) is 231 Å². The van der Waals surface area contributed by atoms with Crippen molar-refractivity contribution >= 4 is 54.9 Å². The summed E-state index contributed by atoms with van der Waals surface area (Å²) in [6.45, 7) is 0. The maximum atomic E-state index is 5.41. The number of hydrogen-bond donors (Lipinski definition) is 0. The molecule has 5 heterocycles. The van der Waals surface area contributed by atoms with E-state index in [0.29, 0.717) is 0 Å². The first-order valence-corrected chi connectivity index (χ1v) is 23.2. The Hall–Kier alpha value is -8.78. The summed E-state index contributed by atoms with van der Waals surface area (Å²) < 4.78 is 4.61. The molecule has 8 aromatic carbocycles. The molecule has 0 atom stereocenters. The van der Waals surface area contributed by atoms with Crippen molar-refractivity contribution in [2.45, 2.75) is 0 Å². The van der Waals surface area contributed by atoms with Crippen LogP contribution < -0.4 is 0 Å². The van der Waals surface area contributed by atoms with Crippen LogP contribution in [0.1, 0.15) is 0 Å². The lowest BCUT2D eigenvalue weighted by atomic mass is 10.0. The molecule has 0 unspecified atom stereocenters. The lowest BCUT2D eigenvalue weighted by Gasteiger charge is -2.14. The van der Waals surface area contributed by atoms with Gasteiger partial charge in [-0.15, -0.1) is 10.2 Å². The van der Waals surface area contributed by atoms with Crippen LogP contribution in [0.3, 0.4) is 0 Å². The zero-order chi connectivity index (χ0) is 44.3. The predicted octanol–water partition coefficient (Wildman–Crippen LogP) is 15.5. The molecule has 0 fully saturated rings. The Kier molecular flexibility index (Phi) is 9.25. The van der Waals surface area contributed by atoms with Crippen molar-refractivity contribution in [3.05, 3.63) is 231 Å². The highest BCUT2D eigenvalue weighted by atomic mass is 32.1. The highest BCUT2D eigenvalue weighted by Gasteiger charge is 2.22. The highest BCUT2D eigenvalue weighted by molar-refractivity contribution is 7.18. The average molecular weight is 875 g/mol. The quantitative estimate of drug-likeness (QED) is 0.153. The number of aromatic nitrogens is 6. The molecule has 0 spiro atoms. The molecule has 0 N–H and O–H groups in total. The Morgan fingerprint density at radius 3 is 1.36 bits per heavy atom. The molecular weight excluding hydrogens is 837 g/mol. The molecule has 314 valence electrons. The molecular formula is C60H38N6S. The van der Waals surface area contributed by atoms with Crippen LogP contribution in [0, 0.1) is 0 Å². The zero-order valence-electron chi connectivity index (χ0n) is 36.0. The third-order valence-corrected chi connectivity index (χ3v) is 13.7. The SMILES string of the molecule is c1ccc(-c2cc(-c3ccccc3)nc(-n3c4ccccc4c4ccc(-c5nnc(-c6cccc7c8ccccc8n(-c8cc(-c9ccccc9)cc(-c9ccccc9)n8)c67)s5)cc43)c2)cc1. The molecule has 0 aliphatic heterocycles. The third kappa shape index (κ3) is 6.71. The third-order valence-electron chi connectivity index (χ3n) is 12.7. The van der Waals surface area contributed by atoms with Crippen molar-refractivity contribution < 1.29 is 0 Å². The minimum absolute atomic E-state index is 0.831. The molecule has 67 heavy (non-hydrogen) atoms. The number of hydrogen-bond acceptors (Lipinski definition) is 5. The van der Waals surface area contributed by atoms with Crippen molar-refractivity contribution in [1.82, 2.24) is 29.3 Å². The van der Waals surface area contributed by atoms with Crippen molar-refractivity contribution in [2.24, 2.45) is 0 Å². The number of rotatable bonds is 8. The second kappa shape index (κ2) is 16.0. The number of pyridine rings is 2. The first-order chi connectivity index (χ1) is 33.2. The molecule has 0 aliphatic rings. The Morgan fingerprint density at radius 1 is 0.299 bits per heavy atom. The number of benzene rings is 8. The minimum Gasteiger partial charge on any atom is -0.294 e. The largest absolute Gasteiger partial charge is 0.294 e. The summed E-state index contributed by atoms with van der Waals surface area (Å²) in [7, 11) is 0. The fourth-order valence-electron chi connectivity index (χ4n) is 9.60. The van der Waals surface area contributed by atoms with Gasteiger partial charge in [-0.3, -0.25) is 9.13 Å². The van der Waals surface area contributed by atoms with Gasteiger partial charge < -0.3 is 0 Å². The second-order valence-corrected chi connectivity index (χ2v) is 17.7. The lowest BCUT2D eigenvalue weighted by molar-refractivity contribution is 1.08. The topological polar surface area (TPSA) is 61.4 Å². The van der Waals surface area contributed by atoms with Gasteiger partial charge in [0.15, 0.2) is 0 Å². The first-order valence-electron chi connectivity index (χ1n) is 22.4. The van der Waals surface area contributed by atoms with E-state index in [9.17, 15) is 0 Å². The van der Waals surface area contributed by atoms with Gasteiger partial charge in [-0.2, -0.15) is 0 Å². The highest BCUT2D eigenvalue weighted by Crippen LogP contribution is 2.42. The van der Waals surface area contributed by atoms with Gasteiger partial charge in [0.05, 0.1) is 33.5 Å². The van der Waals surface area contributed by atoms with E-state index in [2.05, 4.69) is 228 Å². The smallest absolute Gasteiger partial charge is 0.150 e. The number of nitrogens with zero attached hydrogens (tertiary/aromatic N) is 6. The molecule has 0 radical (unpaired) electrons.